The van der Waals surface area contributed by atoms with Crippen molar-refractivity contribution in [2.45, 2.75) is 19.9 Å². The second kappa shape index (κ2) is 7.86. The maximum absolute atomic E-state index is 11.8. The van der Waals surface area contributed by atoms with Gasteiger partial charge in [0.05, 0.1) is 17.4 Å². The molecule has 1 atom stereocenters. The van der Waals surface area contributed by atoms with Crippen molar-refractivity contribution in [2.24, 2.45) is 5.41 Å². The molecule has 8 nitrogen and oxygen atoms in total. The van der Waals surface area contributed by atoms with Crippen LogP contribution in [0.25, 0.3) is 11.3 Å². The van der Waals surface area contributed by atoms with E-state index in [2.05, 4.69) is 26.2 Å². The van der Waals surface area contributed by atoms with Crippen LogP contribution >= 0.6 is 15.9 Å². The van der Waals surface area contributed by atoms with Crippen molar-refractivity contribution in [3.63, 3.8) is 0 Å². The number of hydroxylamine groups is 1. The minimum absolute atomic E-state index is 0.182. The molecule has 0 saturated carbocycles. The Hall–Kier alpha value is -1.78. The van der Waals surface area contributed by atoms with Crippen LogP contribution in [0.15, 0.2) is 34.9 Å². The minimum Gasteiger partial charge on any atom is -0.289 e. The summed E-state index contributed by atoms with van der Waals surface area (Å²) in [5.74, 6) is -1.10. The lowest BCUT2D eigenvalue weighted by Gasteiger charge is -2.24. The average molecular weight is 417 g/mol. The number of rotatable bonds is 7. The second-order valence-electron chi connectivity index (χ2n) is 5.59. The molecule has 0 fully saturated rings. The number of carbonyl (C=O) groups is 1. The summed E-state index contributed by atoms with van der Waals surface area (Å²) in [5, 5.41) is 16.9. The molecule has 0 aliphatic heterocycles. The Morgan fingerprint density at radius 2 is 2.12 bits per heavy atom. The minimum atomic E-state index is -2.77. The highest BCUT2D eigenvalue weighted by Crippen LogP contribution is 2.27. The molecule has 10 heteroatoms. The zero-order valence-electron chi connectivity index (χ0n) is 12.8. The molecule has 2 N–H and O–H groups in total. The predicted molar refractivity (Wildman–Crippen MR) is 91.0 cm³/mol. The van der Waals surface area contributed by atoms with Gasteiger partial charge >= 0.3 is 0 Å². The van der Waals surface area contributed by atoms with Crippen molar-refractivity contribution in [2.75, 3.05) is 5.75 Å². The smallest absolute Gasteiger partial charge is 0.250 e. The predicted octanol–water partition coefficient (Wildman–Crippen LogP) is 1.22. The molecule has 2 aromatic rings. The lowest BCUT2D eigenvalue weighted by molar-refractivity contribution is -0.138. The molecule has 1 aromatic carbocycles. The van der Waals surface area contributed by atoms with Crippen LogP contribution in [0.4, 0.5) is 0 Å². The van der Waals surface area contributed by atoms with Gasteiger partial charge in [0.15, 0.2) is 0 Å². The first-order valence-corrected chi connectivity index (χ1v) is 9.23. The van der Waals surface area contributed by atoms with E-state index in [-0.39, 0.29) is 18.7 Å². The highest BCUT2D eigenvalue weighted by atomic mass is 79.9. The highest BCUT2D eigenvalue weighted by Gasteiger charge is 2.34. The van der Waals surface area contributed by atoms with Gasteiger partial charge in [0.25, 0.3) is 0 Å². The van der Waals surface area contributed by atoms with Crippen molar-refractivity contribution < 1.29 is 18.4 Å². The summed E-state index contributed by atoms with van der Waals surface area (Å²) in [5.41, 5.74) is 1.82. The number of hydrogen-bond acceptors (Lipinski definition) is 6. The van der Waals surface area contributed by atoms with Crippen LogP contribution in [0.5, 0.6) is 0 Å². The summed E-state index contributed by atoms with van der Waals surface area (Å²) >= 11 is 3.44. The van der Waals surface area contributed by atoms with Gasteiger partial charge in [0.1, 0.15) is 16.4 Å². The van der Waals surface area contributed by atoms with Crippen LogP contribution in [0.2, 0.25) is 0 Å². The number of benzene rings is 1. The number of carbonyl (C=O) groups excluding carboxylic acids is 1. The zero-order chi connectivity index (χ0) is 17.7. The normalized spacial score (nSPS) is 13.7. The van der Waals surface area contributed by atoms with Gasteiger partial charge in [-0.1, -0.05) is 39.3 Å². The molecule has 0 spiro atoms. The van der Waals surface area contributed by atoms with Crippen LogP contribution in [0.3, 0.4) is 0 Å². The van der Waals surface area contributed by atoms with Crippen LogP contribution in [0, 0.1) is 5.41 Å². The molecule has 1 heterocycles. The van der Waals surface area contributed by atoms with Crippen molar-refractivity contribution >= 4 is 32.5 Å². The first kappa shape index (κ1) is 18.6. The van der Waals surface area contributed by atoms with Crippen LogP contribution in [-0.4, -0.2) is 40.3 Å². The Kier molecular flexibility index (Phi) is 6.08. The number of thiol groups is 1. The summed E-state index contributed by atoms with van der Waals surface area (Å²) in [6.45, 7) is 1.76. The fraction of sp³-hybridized carbons (Fsp3) is 0.357. The van der Waals surface area contributed by atoms with Crippen LogP contribution in [-0.2, 0) is 22.0 Å². The standard InChI is InChI=1S/C14H17BrN4O4S/c1-14(9-24(22)23,13(20)17-21)6-7-19-8-12(16-18-19)10-4-2-3-5-11(10)15/h2-5,8,21,24H,6-7,9H2,1H3,(H,17,20). The molecule has 1 aromatic heterocycles. The Balaban J connectivity index is 2.14. The number of hydrogen-bond donors (Lipinski definition) is 3. The maximum Gasteiger partial charge on any atom is 0.250 e. The van der Waals surface area contributed by atoms with E-state index in [0.717, 1.165) is 10.0 Å². The molecule has 24 heavy (non-hydrogen) atoms. The molecule has 1 unspecified atom stereocenters. The molecule has 0 aliphatic rings. The first-order valence-electron chi connectivity index (χ1n) is 7.07. The van der Waals surface area contributed by atoms with Gasteiger partial charge in [0.2, 0.25) is 5.91 Å². The van der Waals surface area contributed by atoms with Crippen LogP contribution < -0.4 is 5.48 Å². The third-order valence-electron chi connectivity index (χ3n) is 3.71. The van der Waals surface area contributed by atoms with E-state index in [0.29, 0.717) is 5.69 Å². The van der Waals surface area contributed by atoms with Gasteiger partial charge in [-0.25, -0.2) is 13.9 Å². The van der Waals surface area contributed by atoms with Gasteiger partial charge in [-0.05, 0) is 19.4 Å². The van der Waals surface area contributed by atoms with Gasteiger partial charge < -0.3 is 0 Å². The fourth-order valence-corrected chi connectivity index (χ4v) is 3.61. The SMILES string of the molecule is CC(CCn1cc(-c2ccccc2Br)nn1)(C[SH](=O)=O)C(=O)NO. The molecule has 2 rings (SSSR count). The van der Waals surface area contributed by atoms with E-state index >= 15 is 0 Å². The zero-order valence-corrected chi connectivity index (χ0v) is 15.3. The number of aromatic nitrogens is 3. The summed E-state index contributed by atoms with van der Waals surface area (Å²) in [4.78, 5) is 11.8. The van der Waals surface area contributed by atoms with Crippen molar-refractivity contribution in [1.82, 2.24) is 20.5 Å². The van der Waals surface area contributed by atoms with Crippen molar-refractivity contribution in [3.05, 3.63) is 34.9 Å². The monoisotopic (exact) mass is 416 g/mol. The third kappa shape index (κ3) is 4.40. The van der Waals surface area contributed by atoms with Crippen LogP contribution in [0.1, 0.15) is 13.3 Å². The van der Waals surface area contributed by atoms with E-state index in [9.17, 15) is 13.2 Å². The Labute approximate surface area is 148 Å². The molecule has 130 valence electrons. The number of nitrogens with zero attached hydrogens (tertiary/aromatic N) is 3. The summed E-state index contributed by atoms with van der Waals surface area (Å²) in [6.07, 6.45) is 1.90. The quantitative estimate of drug-likeness (QED) is 0.355. The Morgan fingerprint density at radius 3 is 2.75 bits per heavy atom. The van der Waals surface area contributed by atoms with E-state index in [1.165, 1.54) is 17.1 Å². The molecule has 0 radical (unpaired) electrons. The summed E-state index contributed by atoms with van der Waals surface area (Å²) in [6, 6.07) is 7.55. The van der Waals surface area contributed by atoms with E-state index in [1.807, 2.05) is 24.3 Å². The van der Waals surface area contributed by atoms with E-state index in [1.54, 1.807) is 6.20 Å². The average Bonchev–Trinajstić information content (AvgIpc) is 3.00. The molecule has 0 aliphatic carbocycles. The maximum atomic E-state index is 11.8. The highest BCUT2D eigenvalue weighted by molar-refractivity contribution is 9.10. The van der Waals surface area contributed by atoms with Gasteiger partial charge in [0, 0.05) is 16.6 Å². The number of halogens is 1. The number of aryl methyl sites for hydroxylation is 1. The molecular weight excluding hydrogens is 400 g/mol. The fourth-order valence-electron chi connectivity index (χ4n) is 2.25. The van der Waals surface area contributed by atoms with Gasteiger partial charge in [-0.2, -0.15) is 0 Å². The van der Waals surface area contributed by atoms with Gasteiger partial charge in [-0.3, -0.25) is 14.7 Å². The lowest BCUT2D eigenvalue weighted by atomic mass is 9.88. The largest absolute Gasteiger partial charge is 0.289 e. The second-order valence-corrected chi connectivity index (χ2v) is 7.43. The number of nitrogens with one attached hydrogen (secondary N) is 1. The van der Waals surface area contributed by atoms with Crippen molar-refractivity contribution in [1.29, 1.82) is 0 Å². The molecule has 0 bridgehead atoms. The van der Waals surface area contributed by atoms with Crippen molar-refractivity contribution in [3.8, 4) is 11.3 Å². The summed E-state index contributed by atoms with van der Waals surface area (Å²) < 4.78 is 24.4. The first-order chi connectivity index (χ1) is 11.4. The summed E-state index contributed by atoms with van der Waals surface area (Å²) in [7, 11) is -2.77. The molecular formula is C14H17BrN4O4S. The Morgan fingerprint density at radius 1 is 1.42 bits per heavy atom. The third-order valence-corrected chi connectivity index (χ3v) is 5.36. The lowest BCUT2D eigenvalue weighted by Crippen LogP contribution is -2.41. The topological polar surface area (TPSA) is 114 Å². The van der Waals surface area contributed by atoms with Gasteiger partial charge in [-0.15, -0.1) is 5.10 Å². The number of amides is 1. The Bertz CT molecular complexity index is 800. The molecule has 1 amide bonds. The van der Waals surface area contributed by atoms with E-state index in [4.69, 9.17) is 5.21 Å². The van der Waals surface area contributed by atoms with E-state index < -0.39 is 22.0 Å². The molecule has 0 saturated heterocycles.